The number of nitrogens with one attached hydrogen (secondary N) is 1. The molecule has 7 nitrogen and oxygen atoms in total. The number of aryl methyl sites for hydroxylation is 1. The minimum atomic E-state index is 0.505. The first-order chi connectivity index (χ1) is 15.3. The Morgan fingerprint density at radius 1 is 0.968 bits per heavy atom. The number of H-pyrrole nitrogens is 1. The van der Waals surface area contributed by atoms with Gasteiger partial charge in [0.15, 0.2) is 5.82 Å². The lowest BCUT2D eigenvalue weighted by atomic mass is 9.94. The summed E-state index contributed by atoms with van der Waals surface area (Å²) in [5.41, 5.74) is 7.18. The second kappa shape index (κ2) is 7.48. The number of rotatable bonds is 3. The minimum Gasteiger partial charge on any atom is -0.374 e. The Balaban J connectivity index is 1.52. The first kappa shape index (κ1) is 18.5. The molecule has 2 aliphatic rings. The maximum Gasteiger partial charge on any atom is 0.179 e. The Morgan fingerprint density at radius 2 is 1.84 bits per heavy atom. The number of nitrogens with zero attached hydrogens (tertiary/aromatic N) is 6. The normalized spacial score (nSPS) is 17.3. The van der Waals surface area contributed by atoms with Crippen molar-refractivity contribution in [1.29, 1.82) is 0 Å². The van der Waals surface area contributed by atoms with Gasteiger partial charge < -0.3 is 9.47 Å². The third kappa shape index (κ3) is 3.19. The lowest BCUT2D eigenvalue weighted by Crippen LogP contribution is -2.24. The third-order valence-corrected chi connectivity index (χ3v) is 6.94. The van der Waals surface area contributed by atoms with Crippen LogP contribution >= 0.6 is 0 Å². The Bertz CT molecular complexity index is 1220. The van der Waals surface area contributed by atoms with Crippen LogP contribution in [0.2, 0.25) is 0 Å². The molecule has 0 atom stereocenters. The van der Waals surface area contributed by atoms with Gasteiger partial charge in [-0.25, -0.2) is 10.1 Å². The van der Waals surface area contributed by atoms with Crippen LogP contribution in [0.5, 0.6) is 0 Å². The molecule has 0 spiro atoms. The Labute approximate surface area is 181 Å². The number of hydrogen-bond acceptors (Lipinski definition) is 5. The van der Waals surface area contributed by atoms with Gasteiger partial charge in [-0.3, -0.25) is 0 Å². The van der Waals surface area contributed by atoms with E-state index in [1.54, 1.807) is 0 Å². The van der Waals surface area contributed by atoms with Crippen molar-refractivity contribution in [3.05, 3.63) is 42.0 Å². The van der Waals surface area contributed by atoms with Crippen LogP contribution in [0, 0.1) is 0 Å². The molecule has 0 saturated heterocycles. The predicted molar refractivity (Wildman–Crippen MR) is 122 cm³/mol. The zero-order valence-corrected chi connectivity index (χ0v) is 17.9. The van der Waals surface area contributed by atoms with Crippen LogP contribution < -0.4 is 4.90 Å². The van der Waals surface area contributed by atoms with Crippen LogP contribution in [0.25, 0.3) is 33.8 Å². The third-order valence-electron chi connectivity index (χ3n) is 6.94. The molecule has 1 fully saturated rings. The summed E-state index contributed by atoms with van der Waals surface area (Å²) in [7, 11) is 2.19. The molecule has 0 bridgehead atoms. The smallest absolute Gasteiger partial charge is 0.179 e. The largest absolute Gasteiger partial charge is 0.374 e. The van der Waals surface area contributed by atoms with Crippen molar-refractivity contribution >= 4 is 16.7 Å². The van der Waals surface area contributed by atoms with E-state index in [4.69, 9.17) is 4.98 Å². The fourth-order valence-electron chi connectivity index (χ4n) is 5.36. The zero-order valence-electron chi connectivity index (χ0n) is 17.9. The van der Waals surface area contributed by atoms with E-state index in [1.165, 1.54) is 60.9 Å². The number of anilines is 1. The molecule has 6 rings (SSSR count). The van der Waals surface area contributed by atoms with Gasteiger partial charge >= 0.3 is 0 Å². The zero-order chi connectivity index (χ0) is 20.8. The molecule has 1 saturated carbocycles. The van der Waals surface area contributed by atoms with Crippen LogP contribution in [0.4, 0.5) is 5.69 Å². The van der Waals surface area contributed by atoms with E-state index in [2.05, 4.69) is 73.5 Å². The molecule has 0 amide bonds. The van der Waals surface area contributed by atoms with Gasteiger partial charge in [0.05, 0.1) is 11.0 Å². The van der Waals surface area contributed by atoms with E-state index in [0.29, 0.717) is 11.9 Å². The fourth-order valence-corrected chi connectivity index (χ4v) is 5.36. The molecular formula is C24H27N7. The van der Waals surface area contributed by atoms with Crippen LogP contribution in [0.3, 0.4) is 0 Å². The Hall–Kier alpha value is -3.22. The number of hydrogen-bond donors (Lipinski definition) is 1. The van der Waals surface area contributed by atoms with Crippen molar-refractivity contribution in [3.63, 3.8) is 0 Å². The van der Waals surface area contributed by atoms with Gasteiger partial charge in [0, 0.05) is 36.4 Å². The first-order valence-electron chi connectivity index (χ1n) is 11.4. The van der Waals surface area contributed by atoms with E-state index in [9.17, 15) is 0 Å². The summed E-state index contributed by atoms with van der Waals surface area (Å²) in [6.45, 7) is 1.13. The van der Waals surface area contributed by atoms with Gasteiger partial charge in [-0.05, 0) is 78.1 Å². The summed E-state index contributed by atoms with van der Waals surface area (Å²) in [5, 5.41) is 14.4. The lowest BCUT2D eigenvalue weighted by molar-refractivity contribution is 0.362. The maximum absolute atomic E-state index is 5.16. The predicted octanol–water partition coefficient (Wildman–Crippen LogP) is 4.77. The molecule has 7 heteroatoms. The first-order valence-corrected chi connectivity index (χ1v) is 11.4. The van der Waals surface area contributed by atoms with Crippen molar-refractivity contribution in [2.45, 2.75) is 51.0 Å². The highest BCUT2D eigenvalue weighted by Crippen LogP contribution is 2.38. The quantitative estimate of drug-likeness (QED) is 0.524. The molecule has 2 aromatic carbocycles. The van der Waals surface area contributed by atoms with Crippen molar-refractivity contribution < 1.29 is 0 Å². The second-order valence-electron chi connectivity index (χ2n) is 8.92. The van der Waals surface area contributed by atoms with Crippen LogP contribution in [-0.4, -0.2) is 43.8 Å². The maximum atomic E-state index is 5.16. The molecule has 2 aromatic heterocycles. The lowest BCUT2D eigenvalue weighted by Gasteiger charge is -2.28. The Kier molecular flexibility index (Phi) is 4.47. The van der Waals surface area contributed by atoms with Gasteiger partial charge in [-0.1, -0.05) is 19.3 Å². The van der Waals surface area contributed by atoms with Crippen LogP contribution in [0.1, 0.15) is 50.1 Å². The molecule has 1 aliphatic heterocycles. The minimum absolute atomic E-state index is 0.505. The van der Waals surface area contributed by atoms with E-state index in [-0.39, 0.29) is 0 Å². The molecule has 4 aromatic rings. The van der Waals surface area contributed by atoms with E-state index < -0.39 is 0 Å². The highest BCUT2D eigenvalue weighted by molar-refractivity contribution is 5.85. The van der Waals surface area contributed by atoms with E-state index in [1.807, 2.05) is 0 Å². The van der Waals surface area contributed by atoms with Gasteiger partial charge in [0.1, 0.15) is 5.82 Å². The number of benzene rings is 2. The fraction of sp³-hybridized carbons (Fsp3) is 0.417. The molecule has 1 aliphatic carbocycles. The molecule has 31 heavy (non-hydrogen) atoms. The average molecular weight is 414 g/mol. The molecule has 1 N–H and O–H groups in total. The van der Waals surface area contributed by atoms with Gasteiger partial charge in [0.2, 0.25) is 0 Å². The Morgan fingerprint density at radius 3 is 2.68 bits per heavy atom. The number of aromatic nitrogens is 6. The summed E-state index contributed by atoms with van der Waals surface area (Å²) in [6.07, 6.45) is 8.72. The van der Waals surface area contributed by atoms with Crippen LogP contribution in [0.15, 0.2) is 36.4 Å². The number of fused-ring (bicyclic) bond motifs is 2. The number of aromatic amines is 1. The van der Waals surface area contributed by atoms with Crippen molar-refractivity contribution in [1.82, 2.24) is 30.2 Å². The summed E-state index contributed by atoms with van der Waals surface area (Å²) in [4.78, 5) is 7.53. The molecule has 0 radical (unpaired) electrons. The van der Waals surface area contributed by atoms with Crippen molar-refractivity contribution in [3.8, 4) is 22.8 Å². The van der Waals surface area contributed by atoms with Crippen LogP contribution in [-0.2, 0) is 6.42 Å². The summed E-state index contributed by atoms with van der Waals surface area (Å²) in [5.74, 6) is 1.76. The SMILES string of the molecule is CN1CCCc2cc(-c3nc4cc(-c5nnn[nH]5)ccc4n3C3CCCCC3)ccc21. The topological polar surface area (TPSA) is 75.5 Å². The molecule has 0 unspecified atom stereocenters. The highest BCUT2D eigenvalue weighted by atomic mass is 15.5. The summed E-state index contributed by atoms with van der Waals surface area (Å²) >= 11 is 0. The van der Waals surface area contributed by atoms with E-state index in [0.717, 1.165) is 29.9 Å². The van der Waals surface area contributed by atoms with Gasteiger partial charge in [-0.15, -0.1) is 5.10 Å². The second-order valence-corrected chi connectivity index (χ2v) is 8.92. The monoisotopic (exact) mass is 413 g/mol. The number of imidazole rings is 1. The summed E-state index contributed by atoms with van der Waals surface area (Å²) in [6, 6.07) is 13.8. The molecular weight excluding hydrogens is 386 g/mol. The van der Waals surface area contributed by atoms with Crippen molar-refractivity contribution in [2.24, 2.45) is 0 Å². The molecule has 158 valence electrons. The van der Waals surface area contributed by atoms with E-state index >= 15 is 0 Å². The van der Waals surface area contributed by atoms with Crippen molar-refractivity contribution in [2.75, 3.05) is 18.5 Å². The summed E-state index contributed by atoms with van der Waals surface area (Å²) < 4.78 is 2.51. The average Bonchev–Trinajstić information content (AvgIpc) is 3.47. The molecule has 3 heterocycles. The highest BCUT2D eigenvalue weighted by Gasteiger charge is 2.24. The van der Waals surface area contributed by atoms with Gasteiger partial charge in [-0.2, -0.15) is 0 Å². The van der Waals surface area contributed by atoms with Gasteiger partial charge in [0.25, 0.3) is 0 Å². The standard InChI is InChI=1S/C24H27N7/c1-30-13-5-6-16-14-18(10-11-21(16)30)24-25-20-15-17(23-26-28-29-27-23)9-12-22(20)31(24)19-7-3-2-4-8-19/h9-12,14-15,19H,2-8,13H2,1H3,(H,26,27,28,29). The number of tetrazole rings is 1.